The number of hydrogen-bond donors (Lipinski definition) is 1. The molecular weight excluding hydrogens is 366 g/mol. The Balaban J connectivity index is 1.43. The zero-order valence-electron chi connectivity index (χ0n) is 16.0. The van der Waals surface area contributed by atoms with E-state index in [2.05, 4.69) is 10.3 Å². The Morgan fingerprint density at radius 3 is 2.79 bits per heavy atom. The van der Waals surface area contributed by atoms with Crippen LogP contribution in [0.1, 0.15) is 21.6 Å². The fourth-order valence-electron chi connectivity index (χ4n) is 3.05. The average molecular weight is 387 g/mol. The van der Waals surface area contributed by atoms with Gasteiger partial charge in [0.2, 0.25) is 0 Å². The summed E-state index contributed by atoms with van der Waals surface area (Å²) in [6.45, 7) is 0.679. The number of fused-ring (bicyclic) bond motifs is 1. The van der Waals surface area contributed by atoms with Crippen LogP contribution < -0.4 is 14.8 Å². The lowest BCUT2D eigenvalue weighted by atomic mass is 10.1. The molecule has 0 aliphatic rings. The van der Waals surface area contributed by atoms with E-state index in [0.29, 0.717) is 17.9 Å². The molecule has 0 aliphatic heterocycles. The summed E-state index contributed by atoms with van der Waals surface area (Å²) >= 11 is 0. The van der Waals surface area contributed by atoms with Gasteiger partial charge in [-0.15, -0.1) is 0 Å². The third-order valence-electron chi connectivity index (χ3n) is 4.51. The molecule has 4 aromatic rings. The highest BCUT2D eigenvalue weighted by Gasteiger charge is 2.13. The summed E-state index contributed by atoms with van der Waals surface area (Å²) in [5.74, 6) is 1.08. The second-order valence-electron chi connectivity index (χ2n) is 6.52. The van der Waals surface area contributed by atoms with Gasteiger partial charge in [-0.1, -0.05) is 30.3 Å². The van der Waals surface area contributed by atoms with Gasteiger partial charge in [-0.25, -0.2) is 4.98 Å². The van der Waals surface area contributed by atoms with Crippen LogP contribution in [0.4, 0.5) is 0 Å². The van der Waals surface area contributed by atoms with Crippen LogP contribution in [0.25, 0.3) is 5.65 Å². The smallest absolute Gasteiger partial charge is 0.255 e. The molecule has 6 heteroatoms. The molecule has 4 rings (SSSR count). The predicted molar refractivity (Wildman–Crippen MR) is 110 cm³/mol. The van der Waals surface area contributed by atoms with E-state index in [9.17, 15) is 4.79 Å². The van der Waals surface area contributed by atoms with E-state index in [1.54, 1.807) is 19.2 Å². The van der Waals surface area contributed by atoms with Crippen molar-refractivity contribution in [2.75, 3.05) is 7.11 Å². The van der Waals surface area contributed by atoms with E-state index < -0.39 is 0 Å². The molecule has 2 heterocycles. The number of aromatic nitrogens is 2. The van der Waals surface area contributed by atoms with Crippen LogP contribution in [0.5, 0.6) is 11.5 Å². The minimum atomic E-state index is -0.196. The van der Waals surface area contributed by atoms with Crippen molar-refractivity contribution >= 4 is 11.6 Å². The van der Waals surface area contributed by atoms with Crippen LogP contribution in [0.3, 0.4) is 0 Å². The number of carbonyl (C=O) groups excluding carboxylic acids is 1. The van der Waals surface area contributed by atoms with E-state index in [-0.39, 0.29) is 12.5 Å². The maximum Gasteiger partial charge on any atom is 0.255 e. The van der Waals surface area contributed by atoms with Gasteiger partial charge in [-0.05, 0) is 42.0 Å². The summed E-state index contributed by atoms with van der Waals surface area (Å²) in [6.07, 6.45) is 3.85. The summed E-state index contributed by atoms with van der Waals surface area (Å²) in [6, 6.07) is 20.6. The lowest BCUT2D eigenvalue weighted by Crippen LogP contribution is -2.23. The van der Waals surface area contributed by atoms with Crippen LogP contribution in [-0.4, -0.2) is 22.4 Å². The Kier molecular flexibility index (Phi) is 5.42. The van der Waals surface area contributed by atoms with E-state index >= 15 is 0 Å². The third kappa shape index (κ3) is 4.38. The number of carbonyl (C=O) groups is 1. The van der Waals surface area contributed by atoms with Gasteiger partial charge in [0.15, 0.2) is 0 Å². The Morgan fingerprint density at radius 1 is 1.07 bits per heavy atom. The number of para-hydroxylation sites is 1. The zero-order valence-corrected chi connectivity index (χ0v) is 16.0. The van der Waals surface area contributed by atoms with Crippen LogP contribution in [0, 0.1) is 0 Å². The fraction of sp³-hybridized carbons (Fsp3) is 0.130. The second-order valence-corrected chi connectivity index (χ2v) is 6.52. The predicted octanol–water partition coefficient (Wildman–Crippen LogP) is 3.85. The molecule has 0 saturated carbocycles. The normalized spacial score (nSPS) is 10.7. The van der Waals surface area contributed by atoms with Crippen molar-refractivity contribution in [1.82, 2.24) is 14.7 Å². The molecule has 0 atom stereocenters. The lowest BCUT2D eigenvalue weighted by molar-refractivity contribution is 0.0946. The van der Waals surface area contributed by atoms with Gasteiger partial charge in [0.05, 0.1) is 18.4 Å². The molecule has 146 valence electrons. The van der Waals surface area contributed by atoms with Crippen LogP contribution in [0.2, 0.25) is 0 Å². The number of rotatable bonds is 7. The Labute approximate surface area is 168 Å². The van der Waals surface area contributed by atoms with Crippen molar-refractivity contribution < 1.29 is 14.3 Å². The average Bonchev–Trinajstić information content (AvgIpc) is 3.19. The fourth-order valence-corrected chi connectivity index (χ4v) is 3.05. The number of amides is 1. The number of methoxy groups -OCH3 is 1. The number of benzene rings is 2. The lowest BCUT2D eigenvalue weighted by Gasteiger charge is -2.11. The molecule has 1 N–H and O–H groups in total. The van der Waals surface area contributed by atoms with Gasteiger partial charge in [-0.2, -0.15) is 0 Å². The molecule has 2 aromatic heterocycles. The van der Waals surface area contributed by atoms with Crippen LogP contribution in [0.15, 0.2) is 79.1 Å². The zero-order chi connectivity index (χ0) is 20.1. The molecule has 0 bridgehead atoms. The number of imidazole rings is 1. The molecule has 6 nitrogen and oxygen atoms in total. The topological polar surface area (TPSA) is 64.9 Å². The van der Waals surface area contributed by atoms with Crippen LogP contribution >= 0.6 is 0 Å². The van der Waals surface area contributed by atoms with Crippen molar-refractivity contribution in [3.63, 3.8) is 0 Å². The van der Waals surface area contributed by atoms with Crippen molar-refractivity contribution in [3.05, 3.63) is 95.9 Å². The van der Waals surface area contributed by atoms with Gasteiger partial charge in [0, 0.05) is 18.9 Å². The number of hydrogen-bond acceptors (Lipinski definition) is 4. The number of pyridine rings is 1. The molecule has 1 amide bonds. The van der Waals surface area contributed by atoms with Gasteiger partial charge in [0.1, 0.15) is 23.8 Å². The first-order chi connectivity index (χ1) is 14.2. The summed E-state index contributed by atoms with van der Waals surface area (Å²) in [5.41, 5.74) is 3.10. The van der Waals surface area contributed by atoms with Gasteiger partial charge in [-0.3, -0.25) is 4.79 Å². The van der Waals surface area contributed by atoms with E-state index in [0.717, 1.165) is 22.7 Å². The molecule has 0 unspecified atom stereocenters. The van der Waals surface area contributed by atoms with E-state index in [4.69, 9.17) is 9.47 Å². The number of ether oxygens (including phenoxy) is 2. The Bertz CT molecular complexity index is 1100. The van der Waals surface area contributed by atoms with Gasteiger partial charge in [0.25, 0.3) is 5.91 Å². The Hall–Kier alpha value is -3.80. The molecule has 2 aromatic carbocycles. The van der Waals surface area contributed by atoms with E-state index in [1.807, 2.05) is 71.4 Å². The van der Waals surface area contributed by atoms with Crippen molar-refractivity contribution in [1.29, 1.82) is 0 Å². The molecular formula is C23H21N3O3. The quantitative estimate of drug-likeness (QED) is 0.523. The summed E-state index contributed by atoms with van der Waals surface area (Å²) in [5, 5.41) is 2.93. The summed E-state index contributed by atoms with van der Waals surface area (Å²) in [4.78, 5) is 17.2. The SMILES string of the molecule is COc1cccc(CNC(=O)c2ccccc2OCc2cn3ccccc3n2)c1. The molecule has 0 spiro atoms. The molecule has 0 radical (unpaired) electrons. The molecule has 0 fully saturated rings. The van der Waals surface area contributed by atoms with E-state index in [1.165, 1.54) is 0 Å². The highest BCUT2D eigenvalue weighted by atomic mass is 16.5. The molecule has 0 saturated heterocycles. The molecule has 29 heavy (non-hydrogen) atoms. The number of nitrogens with zero attached hydrogens (tertiary/aromatic N) is 2. The molecule has 0 aliphatic carbocycles. The maximum atomic E-state index is 12.7. The Morgan fingerprint density at radius 2 is 1.93 bits per heavy atom. The third-order valence-corrected chi connectivity index (χ3v) is 4.51. The summed E-state index contributed by atoms with van der Waals surface area (Å²) in [7, 11) is 1.62. The first kappa shape index (κ1) is 18.6. The monoisotopic (exact) mass is 387 g/mol. The first-order valence-electron chi connectivity index (χ1n) is 9.28. The minimum absolute atomic E-state index is 0.196. The van der Waals surface area contributed by atoms with Crippen molar-refractivity contribution in [2.24, 2.45) is 0 Å². The largest absolute Gasteiger partial charge is 0.497 e. The second kappa shape index (κ2) is 8.48. The number of nitrogens with one attached hydrogen (secondary N) is 1. The standard InChI is InChI=1S/C23H21N3O3/c1-28-19-8-6-7-17(13-19)14-24-23(27)20-9-2-3-10-21(20)29-16-18-15-26-12-5-4-11-22(26)25-18/h2-13,15H,14,16H2,1H3,(H,24,27). The van der Waals surface area contributed by atoms with Crippen molar-refractivity contribution in [3.8, 4) is 11.5 Å². The first-order valence-corrected chi connectivity index (χ1v) is 9.28. The van der Waals surface area contributed by atoms with Crippen molar-refractivity contribution in [2.45, 2.75) is 13.2 Å². The van der Waals surface area contributed by atoms with Gasteiger partial charge < -0.3 is 19.2 Å². The minimum Gasteiger partial charge on any atom is -0.497 e. The maximum absolute atomic E-state index is 12.7. The highest BCUT2D eigenvalue weighted by molar-refractivity contribution is 5.96. The van der Waals surface area contributed by atoms with Crippen LogP contribution in [-0.2, 0) is 13.2 Å². The highest BCUT2D eigenvalue weighted by Crippen LogP contribution is 2.20. The van der Waals surface area contributed by atoms with Gasteiger partial charge >= 0.3 is 0 Å². The summed E-state index contributed by atoms with van der Waals surface area (Å²) < 4.78 is 13.1.